The molecule has 1 aromatic rings. The first-order valence-electron chi connectivity index (χ1n) is 5.70. The second kappa shape index (κ2) is 6.51. The van der Waals surface area contributed by atoms with Gasteiger partial charge in [-0.25, -0.2) is 0 Å². The zero-order chi connectivity index (χ0) is 12.0. The van der Waals surface area contributed by atoms with Crippen LogP contribution < -0.4 is 10.5 Å². The quantitative estimate of drug-likeness (QED) is 0.791. The van der Waals surface area contributed by atoms with Crippen LogP contribution in [0.5, 0.6) is 5.75 Å². The summed E-state index contributed by atoms with van der Waals surface area (Å²) in [5, 5.41) is 0. The third-order valence-corrected chi connectivity index (χ3v) is 2.43. The van der Waals surface area contributed by atoms with Crippen molar-refractivity contribution in [1.82, 2.24) is 4.90 Å². The van der Waals surface area contributed by atoms with Crippen LogP contribution >= 0.6 is 0 Å². The maximum atomic E-state index is 5.76. The van der Waals surface area contributed by atoms with Crippen molar-refractivity contribution in [2.24, 2.45) is 5.73 Å². The SMILES string of the molecule is Cc1ccc(OCCN(C)C)c(CCN)c1. The molecule has 1 rings (SSSR count). The summed E-state index contributed by atoms with van der Waals surface area (Å²) in [5.74, 6) is 0.970. The topological polar surface area (TPSA) is 38.5 Å². The second-order valence-electron chi connectivity index (χ2n) is 4.30. The van der Waals surface area contributed by atoms with Crippen molar-refractivity contribution in [3.05, 3.63) is 29.3 Å². The van der Waals surface area contributed by atoms with E-state index in [2.05, 4.69) is 24.0 Å². The van der Waals surface area contributed by atoms with Crippen LogP contribution in [0.4, 0.5) is 0 Å². The van der Waals surface area contributed by atoms with Gasteiger partial charge in [-0.2, -0.15) is 0 Å². The van der Waals surface area contributed by atoms with E-state index in [0.29, 0.717) is 13.2 Å². The van der Waals surface area contributed by atoms with Gasteiger partial charge in [0.1, 0.15) is 12.4 Å². The Kier molecular flexibility index (Phi) is 5.29. The minimum Gasteiger partial charge on any atom is -0.492 e. The van der Waals surface area contributed by atoms with Gasteiger partial charge in [0.15, 0.2) is 0 Å². The molecule has 0 radical (unpaired) electrons. The molecule has 3 heteroatoms. The standard InChI is InChI=1S/C13H22N2O/c1-11-4-5-13(12(10-11)6-7-14)16-9-8-15(2)3/h4-5,10H,6-9,14H2,1-3H3. The van der Waals surface area contributed by atoms with Gasteiger partial charge in [-0.15, -0.1) is 0 Å². The van der Waals surface area contributed by atoms with E-state index in [1.54, 1.807) is 0 Å². The van der Waals surface area contributed by atoms with Crippen LogP contribution in [-0.2, 0) is 6.42 Å². The van der Waals surface area contributed by atoms with Crippen LogP contribution in [0.3, 0.4) is 0 Å². The van der Waals surface area contributed by atoms with E-state index in [-0.39, 0.29) is 0 Å². The van der Waals surface area contributed by atoms with Crippen LogP contribution in [0.15, 0.2) is 18.2 Å². The van der Waals surface area contributed by atoms with Crippen molar-refractivity contribution in [2.75, 3.05) is 33.8 Å². The minimum absolute atomic E-state index is 0.660. The molecule has 0 saturated carbocycles. The number of nitrogens with zero attached hydrogens (tertiary/aromatic N) is 1. The molecule has 16 heavy (non-hydrogen) atoms. The van der Waals surface area contributed by atoms with Crippen molar-refractivity contribution in [1.29, 1.82) is 0 Å². The molecule has 0 fully saturated rings. The molecule has 3 nitrogen and oxygen atoms in total. The minimum atomic E-state index is 0.660. The number of rotatable bonds is 6. The summed E-state index contributed by atoms with van der Waals surface area (Å²) in [6.45, 7) is 4.39. The van der Waals surface area contributed by atoms with Crippen LogP contribution in [0.1, 0.15) is 11.1 Å². The molecule has 2 N–H and O–H groups in total. The lowest BCUT2D eigenvalue weighted by Crippen LogP contribution is -2.20. The highest BCUT2D eigenvalue weighted by Crippen LogP contribution is 2.20. The number of ether oxygens (including phenoxy) is 1. The van der Waals surface area contributed by atoms with Gasteiger partial charge in [-0.3, -0.25) is 0 Å². The fourth-order valence-corrected chi connectivity index (χ4v) is 1.54. The summed E-state index contributed by atoms with van der Waals surface area (Å²) < 4.78 is 5.76. The molecule has 90 valence electrons. The van der Waals surface area contributed by atoms with E-state index in [0.717, 1.165) is 18.7 Å². The van der Waals surface area contributed by atoms with Gasteiger partial charge in [0.25, 0.3) is 0 Å². The predicted octanol–water partition coefficient (Wildman–Crippen LogP) is 1.44. The van der Waals surface area contributed by atoms with E-state index in [4.69, 9.17) is 10.5 Å². The Morgan fingerprint density at radius 3 is 2.69 bits per heavy atom. The highest BCUT2D eigenvalue weighted by Gasteiger charge is 2.03. The van der Waals surface area contributed by atoms with Gasteiger partial charge in [0.2, 0.25) is 0 Å². The first kappa shape index (κ1) is 13.0. The molecular formula is C13H22N2O. The Morgan fingerprint density at radius 1 is 1.31 bits per heavy atom. The molecule has 0 aliphatic carbocycles. The summed E-state index contributed by atoms with van der Waals surface area (Å²) >= 11 is 0. The Hall–Kier alpha value is -1.06. The van der Waals surface area contributed by atoms with E-state index in [1.807, 2.05) is 20.2 Å². The van der Waals surface area contributed by atoms with Crippen LogP contribution in [0.2, 0.25) is 0 Å². The molecule has 1 aromatic carbocycles. The molecule has 0 spiro atoms. The van der Waals surface area contributed by atoms with E-state index < -0.39 is 0 Å². The van der Waals surface area contributed by atoms with Crippen molar-refractivity contribution in [3.8, 4) is 5.75 Å². The zero-order valence-corrected chi connectivity index (χ0v) is 10.5. The third-order valence-electron chi connectivity index (χ3n) is 2.43. The van der Waals surface area contributed by atoms with E-state index >= 15 is 0 Å². The van der Waals surface area contributed by atoms with Crippen LogP contribution in [0.25, 0.3) is 0 Å². The van der Waals surface area contributed by atoms with Crippen LogP contribution in [0, 0.1) is 6.92 Å². The largest absolute Gasteiger partial charge is 0.492 e. The molecule has 0 aromatic heterocycles. The third kappa shape index (κ3) is 4.21. The Labute approximate surface area is 98.2 Å². The maximum absolute atomic E-state index is 5.76. The molecule has 0 amide bonds. The lowest BCUT2D eigenvalue weighted by Gasteiger charge is -2.14. The van der Waals surface area contributed by atoms with Gasteiger partial charge in [-0.05, 0) is 45.6 Å². The normalized spacial score (nSPS) is 10.8. The van der Waals surface area contributed by atoms with Gasteiger partial charge in [0, 0.05) is 6.54 Å². The number of nitrogens with two attached hydrogens (primary N) is 1. The average Bonchev–Trinajstić information content (AvgIpc) is 2.21. The van der Waals surface area contributed by atoms with Gasteiger partial charge in [0.05, 0.1) is 0 Å². The molecule has 0 atom stereocenters. The lowest BCUT2D eigenvalue weighted by molar-refractivity contribution is 0.259. The van der Waals surface area contributed by atoms with Crippen molar-refractivity contribution >= 4 is 0 Å². The van der Waals surface area contributed by atoms with Gasteiger partial charge < -0.3 is 15.4 Å². The van der Waals surface area contributed by atoms with Crippen LogP contribution in [-0.4, -0.2) is 38.7 Å². The number of likely N-dealkylation sites (N-methyl/N-ethyl adjacent to an activating group) is 1. The Bertz CT molecular complexity index is 324. The molecule has 0 bridgehead atoms. The fraction of sp³-hybridized carbons (Fsp3) is 0.538. The Balaban J connectivity index is 2.63. The van der Waals surface area contributed by atoms with Gasteiger partial charge >= 0.3 is 0 Å². The van der Waals surface area contributed by atoms with E-state index in [9.17, 15) is 0 Å². The molecular weight excluding hydrogens is 200 g/mol. The smallest absolute Gasteiger partial charge is 0.122 e. The number of aryl methyl sites for hydroxylation is 1. The second-order valence-corrected chi connectivity index (χ2v) is 4.30. The first-order chi connectivity index (χ1) is 7.63. The maximum Gasteiger partial charge on any atom is 0.122 e. The average molecular weight is 222 g/mol. The zero-order valence-electron chi connectivity index (χ0n) is 10.5. The first-order valence-corrected chi connectivity index (χ1v) is 5.70. The molecule has 0 heterocycles. The lowest BCUT2D eigenvalue weighted by atomic mass is 10.1. The number of benzene rings is 1. The molecule has 0 aliphatic rings. The van der Waals surface area contributed by atoms with Crippen molar-refractivity contribution in [3.63, 3.8) is 0 Å². The monoisotopic (exact) mass is 222 g/mol. The molecule has 0 unspecified atom stereocenters. The van der Waals surface area contributed by atoms with Crippen molar-refractivity contribution < 1.29 is 4.74 Å². The highest BCUT2D eigenvalue weighted by molar-refractivity contribution is 5.37. The number of hydrogen-bond donors (Lipinski definition) is 1. The summed E-state index contributed by atoms with van der Waals surface area (Å²) in [6, 6.07) is 6.26. The van der Waals surface area contributed by atoms with E-state index in [1.165, 1.54) is 11.1 Å². The fourth-order valence-electron chi connectivity index (χ4n) is 1.54. The molecule has 0 aliphatic heterocycles. The Morgan fingerprint density at radius 2 is 2.06 bits per heavy atom. The summed E-state index contributed by atoms with van der Waals surface area (Å²) in [7, 11) is 4.08. The molecule has 0 saturated heterocycles. The predicted molar refractivity (Wildman–Crippen MR) is 68.0 cm³/mol. The summed E-state index contributed by atoms with van der Waals surface area (Å²) in [5.41, 5.74) is 8.06. The highest BCUT2D eigenvalue weighted by atomic mass is 16.5. The summed E-state index contributed by atoms with van der Waals surface area (Å²) in [6.07, 6.45) is 0.874. The van der Waals surface area contributed by atoms with Gasteiger partial charge in [-0.1, -0.05) is 17.7 Å². The van der Waals surface area contributed by atoms with Crippen molar-refractivity contribution in [2.45, 2.75) is 13.3 Å². The number of hydrogen-bond acceptors (Lipinski definition) is 3. The summed E-state index contributed by atoms with van der Waals surface area (Å²) in [4.78, 5) is 2.11.